The van der Waals surface area contributed by atoms with E-state index in [1.165, 1.54) is 0 Å². The van der Waals surface area contributed by atoms with Crippen LogP contribution in [0, 0.1) is 0 Å². The van der Waals surface area contributed by atoms with E-state index >= 15 is 0 Å². The second-order valence-electron chi connectivity index (χ2n) is 4.00. The molecule has 1 N–H and O–H groups in total. The van der Waals surface area contributed by atoms with Crippen molar-refractivity contribution in [3.63, 3.8) is 0 Å². The van der Waals surface area contributed by atoms with Gasteiger partial charge in [-0.2, -0.15) is 0 Å². The van der Waals surface area contributed by atoms with E-state index in [-0.39, 0.29) is 0 Å². The Kier molecular flexibility index (Phi) is 3.62. The summed E-state index contributed by atoms with van der Waals surface area (Å²) in [4.78, 5) is 6.75. The molecule has 0 aliphatic carbocycles. The van der Waals surface area contributed by atoms with Crippen LogP contribution in [0.2, 0.25) is 0 Å². The van der Waals surface area contributed by atoms with E-state index < -0.39 is 0 Å². The van der Waals surface area contributed by atoms with E-state index in [0.29, 0.717) is 12.6 Å². The average Bonchev–Trinajstić information content (AvgIpc) is 2.31. The summed E-state index contributed by atoms with van der Waals surface area (Å²) < 4.78 is 5.61. The molecule has 4 nitrogen and oxygen atoms in total. The normalized spacial score (nSPS) is 20.9. The minimum atomic E-state index is 0.461. The van der Waals surface area contributed by atoms with Crippen LogP contribution in [0.1, 0.15) is 13.8 Å². The highest BCUT2D eigenvalue weighted by molar-refractivity contribution is 5.53. The van der Waals surface area contributed by atoms with Crippen LogP contribution in [-0.4, -0.2) is 37.3 Å². The lowest BCUT2D eigenvalue weighted by Crippen LogP contribution is -2.50. The third-order valence-corrected chi connectivity index (χ3v) is 2.82. The van der Waals surface area contributed by atoms with Gasteiger partial charge in [0.1, 0.15) is 0 Å². The van der Waals surface area contributed by atoms with Crippen molar-refractivity contribution in [2.24, 2.45) is 0 Å². The number of nitrogens with zero attached hydrogens (tertiary/aromatic N) is 2. The minimum absolute atomic E-state index is 0.461. The van der Waals surface area contributed by atoms with Crippen molar-refractivity contribution in [3.8, 4) is 5.75 Å². The number of anilines is 1. The maximum absolute atomic E-state index is 5.61. The van der Waals surface area contributed by atoms with E-state index in [1.807, 2.05) is 25.3 Å². The van der Waals surface area contributed by atoms with Gasteiger partial charge in [-0.25, -0.2) is 4.98 Å². The molecular formula is C12H19N3O. The van der Waals surface area contributed by atoms with Crippen molar-refractivity contribution < 1.29 is 4.74 Å². The third kappa shape index (κ3) is 2.27. The fourth-order valence-electron chi connectivity index (χ4n) is 2.02. The number of piperazine rings is 1. The topological polar surface area (TPSA) is 37.4 Å². The molecule has 1 fully saturated rings. The molecule has 1 aliphatic heterocycles. The number of pyridine rings is 1. The highest BCUT2D eigenvalue weighted by atomic mass is 16.5. The van der Waals surface area contributed by atoms with Crippen LogP contribution in [0.4, 0.5) is 5.82 Å². The molecule has 88 valence electrons. The monoisotopic (exact) mass is 221 g/mol. The Balaban J connectivity index is 2.23. The van der Waals surface area contributed by atoms with Crippen molar-refractivity contribution in [1.29, 1.82) is 0 Å². The first kappa shape index (κ1) is 11.2. The van der Waals surface area contributed by atoms with Crippen LogP contribution in [0.15, 0.2) is 18.3 Å². The van der Waals surface area contributed by atoms with E-state index in [4.69, 9.17) is 4.74 Å². The maximum atomic E-state index is 5.61. The van der Waals surface area contributed by atoms with Gasteiger partial charge >= 0.3 is 0 Å². The van der Waals surface area contributed by atoms with E-state index in [9.17, 15) is 0 Å². The standard InChI is InChI=1S/C12H19N3O/c1-3-16-11-5-4-6-14-12(11)15-8-7-13-9-10(15)2/h4-6,10,13H,3,7-9H2,1-2H3. The number of nitrogens with one attached hydrogen (secondary N) is 1. The molecule has 1 aromatic rings. The van der Waals surface area contributed by atoms with Crippen LogP contribution in [-0.2, 0) is 0 Å². The summed E-state index contributed by atoms with van der Waals surface area (Å²) in [6.07, 6.45) is 1.83. The number of ether oxygens (including phenoxy) is 1. The first-order valence-electron chi connectivity index (χ1n) is 5.88. The molecule has 1 atom stereocenters. The molecule has 2 rings (SSSR count). The molecule has 1 saturated heterocycles. The van der Waals surface area contributed by atoms with Gasteiger partial charge in [-0.3, -0.25) is 0 Å². The summed E-state index contributed by atoms with van der Waals surface area (Å²) in [6, 6.07) is 4.37. The Morgan fingerprint density at radius 3 is 3.25 bits per heavy atom. The summed E-state index contributed by atoms with van der Waals surface area (Å²) in [7, 11) is 0. The van der Waals surface area contributed by atoms with Crippen molar-refractivity contribution in [2.45, 2.75) is 19.9 Å². The Labute approximate surface area is 96.6 Å². The Hall–Kier alpha value is -1.29. The van der Waals surface area contributed by atoms with Crippen LogP contribution in [0.25, 0.3) is 0 Å². The van der Waals surface area contributed by atoms with Crippen LogP contribution in [0.3, 0.4) is 0 Å². The van der Waals surface area contributed by atoms with Gasteiger partial charge in [0.25, 0.3) is 0 Å². The first-order chi connectivity index (χ1) is 7.83. The fraction of sp³-hybridized carbons (Fsp3) is 0.583. The summed E-state index contributed by atoms with van der Waals surface area (Å²) in [5, 5.41) is 3.38. The minimum Gasteiger partial charge on any atom is -0.490 e. The maximum Gasteiger partial charge on any atom is 0.171 e. The molecule has 0 saturated carbocycles. The lowest BCUT2D eigenvalue weighted by Gasteiger charge is -2.35. The lowest BCUT2D eigenvalue weighted by molar-refractivity contribution is 0.337. The van der Waals surface area contributed by atoms with Gasteiger partial charge < -0.3 is 15.0 Å². The third-order valence-electron chi connectivity index (χ3n) is 2.82. The molecule has 16 heavy (non-hydrogen) atoms. The molecule has 0 bridgehead atoms. The van der Waals surface area contributed by atoms with Gasteiger partial charge in [-0.15, -0.1) is 0 Å². The van der Waals surface area contributed by atoms with Crippen LogP contribution >= 0.6 is 0 Å². The second-order valence-corrected chi connectivity index (χ2v) is 4.00. The van der Waals surface area contributed by atoms with Gasteiger partial charge in [-0.05, 0) is 26.0 Å². The van der Waals surface area contributed by atoms with Gasteiger partial charge in [0, 0.05) is 31.9 Å². The van der Waals surface area contributed by atoms with Gasteiger partial charge in [0.15, 0.2) is 11.6 Å². The zero-order valence-corrected chi connectivity index (χ0v) is 9.94. The molecule has 0 radical (unpaired) electrons. The molecule has 0 spiro atoms. The van der Waals surface area contributed by atoms with Crippen molar-refractivity contribution in [2.75, 3.05) is 31.1 Å². The van der Waals surface area contributed by atoms with Gasteiger partial charge in [0.05, 0.1) is 6.61 Å². The Morgan fingerprint density at radius 1 is 1.62 bits per heavy atom. The summed E-state index contributed by atoms with van der Waals surface area (Å²) in [5.41, 5.74) is 0. The molecule has 0 aromatic carbocycles. The molecule has 1 aliphatic rings. The molecule has 2 heterocycles. The predicted molar refractivity (Wildman–Crippen MR) is 65.1 cm³/mol. The van der Waals surface area contributed by atoms with Gasteiger partial charge in [0.2, 0.25) is 0 Å². The quantitative estimate of drug-likeness (QED) is 0.834. The number of hydrogen-bond donors (Lipinski definition) is 1. The van der Waals surface area contributed by atoms with Gasteiger partial charge in [-0.1, -0.05) is 0 Å². The molecule has 4 heteroatoms. The lowest BCUT2D eigenvalue weighted by atomic mass is 10.2. The Bertz CT molecular complexity index is 343. The first-order valence-corrected chi connectivity index (χ1v) is 5.88. The summed E-state index contributed by atoms with van der Waals surface area (Å²) >= 11 is 0. The molecule has 0 amide bonds. The smallest absolute Gasteiger partial charge is 0.171 e. The summed E-state index contributed by atoms with van der Waals surface area (Å²) in [6.45, 7) is 7.88. The molecule has 1 unspecified atom stereocenters. The average molecular weight is 221 g/mol. The highest BCUT2D eigenvalue weighted by Gasteiger charge is 2.21. The van der Waals surface area contributed by atoms with Crippen molar-refractivity contribution in [1.82, 2.24) is 10.3 Å². The molecular weight excluding hydrogens is 202 g/mol. The largest absolute Gasteiger partial charge is 0.490 e. The van der Waals surface area contributed by atoms with Crippen LogP contribution in [0.5, 0.6) is 5.75 Å². The van der Waals surface area contributed by atoms with Crippen molar-refractivity contribution in [3.05, 3.63) is 18.3 Å². The van der Waals surface area contributed by atoms with E-state index in [2.05, 4.69) is 22.1 Å². The van der Waals surface area contributed by atoms with E-state index in [1.54, 1.807) is 0 Å². The van der Waals surface area contributed by atoms with Crippen LogP contribution < -0.4 is 15.0 Å². The van der Waals surface area contributed by atoms with E-state index in [0.717, 1.165) is 31.2 Å². The fourth-order valence-corrected chi connectivity index (χ4v) is 2.02. The highest BCUT2D eigenvalue weighted by Crippen LogP contribution is 2.27. The SMILES string of the molecule is CCOc1cccnc1N1CCNCC1C. The van der Waals surface area contributed by atoms with Crippen molar-refractivity contribution >= 4 is 5.82 Å². The zero-order valence-electron chi connectivity index (χ0n) is 9.94. The number of aromatic nitrogens is 1. The predicted octanol–water partition coefficient (Wildman–Crippen LogP) is 1.28. The Morgan fingerprint density at radius 2 is 2.50 bits per heavy atom. The number of rotatable bonds is 3. The summed E-state index contributed by atoms with van der Waals surface area (Å²) in [5.74, 6) is 1.86. The molecule has 1 aromatic heterocycles. The second kappa shape index (κ2) is 5.16. The zero-order chi connectivity index (χ0) is 11.4. The number of hydrogen-bond acceptors (Lipinski definition) is 4.